The molecule has 2 N–H and O–H groups in total. The molecule has 0 radical (unpaired) electrons. The van der Waals surface area contributed by atoms with Crippen LogP contribution >= 0.6 is 27.3 Å². The van der Waals surface area contributed by atoms with Crippen LogP contribution in [0.4, 0.5) is 4.39 Å². The Kier molecular flexibility index (Phi) is 3.68. The van der Waals surface area contributed by atoms with Crippen LogP contribution in [0.15, 0.2) is 34.4 Å². The molecule has 16 heavy (non-hydrogen) atoms. The van der Waals surface area contributed by atoms with E-state index in [0.717, 1.165) is 9.35 Å². The van der Waals surface area contributed by atoms with Crippen molar-refractivity contribution in [3.8, 4) is 0 Å². The second-order valence-electron chi connectivity index (χ2n) is 3.44. The third kappa shape index (κ3) is 2.66. The summed E-state index contributed by atoms with van der Waals surface area (Å²) in [5.41, 5.74) is 8.25. The molecule has 1 atom stereocenters. The molecule has 1 aromatic heterocycles. The first-order valence-corrected chi connectivity index (χ1v) is 6.42. The van der Waals surface area contributed by atoms with Gasteiger partial charge in [-0.2, -0.15) is 0 Å². The van der Waals surface area contributed by atoms with Crippen LogP contribution in [0.5, 0.6) is 0 Å². The second kappa shape index (κ2) is 5.03. The number of hydrogen-bond acceptors (Lipinski definition) is 3. The predicted molar refractivity (Wildman–Crippen MR) is 66.8 cm³/mol. The van der Waals surface area contributed by atoms with Gasteiger partial charge in [0.2, 0.25) is 0 Å². The topological polar surface area (TPSA) is 38.9 Å². The minimum Gasteiger partial charge on any atom is -0.324 e. The lowest BCUT2D eigenvalue weighted by atomic mass is 10.0. The quantitative estimate of drug-likeness (QED) is 0.945. The maximum atomic E-state index is 13.6. The van der Waals surface area contributed by atoms with Crippen molar-refractivity contribution in [2.45, 2.75) is 12.5 Å². The maximum absolute atomic E-state index is 13.6. The fourth-order valence-electron chi connectivity index (χ4n) is 1.47. The Bertz CT molecular complexity index is 473. The van der Waals surface area contributed by atoms with E-state index in [1.165, 1.54) is 17.4 Å². The van der Waals surface area contributed by atoms with E-state index in [-0.39, 0.29) is 11.9 Å². The molecule has 0 aliphatic rings. The van der Waals surface area contributed by atoms with Crippen LogP contribution in [-0.4, -0.2) is 4.98 Å². The van der Waals surface area contributed by atoms with Gasteiger partial charge in [-0.1, -0.05) is 22.0 Å². The summed E-state index contributed by atoms with van der Waals surface area (Å²) in [6.07, 6.45) is 2.38. The zero-order chi connectivity index (χ0) is 11.5. The molecule has 1 aromatic carbocycles. The SMILES string of the molecule is NC(Cc1cncs1)c1ccc(Br)cc1F. The lowest BCUT2D eigenvalue weighted by molar-refractivity contribution is 0.580. The van der Waals surface area contributed by atoms with Crippen LogP contribution in [0.2, 0.25) is 0 Å². The Morgan fingerprint density at radius 3 is 2.94 bits per heavy atom. The van der Waals surface area contributed by atoms with Crippen molar-refractivity contribution in [1.29, 1.82) is 0 Å². The normalized spacial score (nSPS) is 12.7. The predicted octanol–water partition coefficient (Wildman–Crippen LogP) is 3.29. The number of halogens is 2. The summed E-state index contributed by atoms with van der Waals surface area (Å²) in [4.78, 5) is 5.03. The molecule has 84 valence electrons. The van der Waals surface area contributed by atoms with Crippen molar-refractivity contribution < 1.29 is 4.39 Å². The summed E-state index contributed by atoms with van der Waals surface area (Å²) in [7, 11) is 0. The molecular formula is C11H10BrFN2S. The Hall–Kier alpha value is -0.780. The van der Waals surface area contributed by atoms with Crippen LogP contribution in [-0.2, 0) is 6.42 Å². The first-order chi connectivity index (χ1) is 7.66. The van der Waals surface area contributed by atoms with Gasteiger partial charge in [0.25, 0.3) is 0 Å². The van der Waals surface area contributed by atoms with E-state index in [9.17, 15) is 4.39 Å². The fraction of sp³-hybridized carbons (Fsp3) is 0.182. The standard InChI is InChI=1S/C11H10BrFN2S/c12-7-1-2-9(10(13)3-7)11(14)4-8-5-15-6-16-8/h1-3,5-6,11H,4,14H2. The number of rotatable bonds is 3. The Morgan fingerprint density at radius 2 is 2.31 bits per heavy atom. The first-order valence-electron chi connectivity index (χ1n) is 4.74. The molecule has 1 heterocycles. The Morgan fingerprint density at radius 1 is 1.50 bits per heavy atom. The van der Waals surface area contributed by atoms with Crippen molar-refractivity contribution in [3.05, 3.63) is 50.6 Å². The van der Waals surface area contributed by atoms with E-state index >= 15 is 0 Å². The summed E-state index contributed by atoms with van der Waals surface area (Å²) in [6.45, 7) is 0. The minimum atomic E-state index is -0.325. The molecule has 0 spiro atoms. The van der Waals surface area contributed by atoms with E-state index in [0.29, 0.717) is 12.0 Å². The molecule has 0 aliphatic carbocycles. The third-order valence-electron chi connectivity index (χ3n) is 2.27. The van der Waals surface area contributed by atoms with Crippen LogP contribution in [0.25, 0.3) is 0 Å². The Labute approximate surface area is 105 Å². The highest BCUT2D eigenvalue weighted by atomic mass is 79.9. The van der Waals surface area contributed by atoms with E-state index < -0.39 is 0 Å². The van der Waals surface area contributed by atoms with Gasteiger partial charge >= 0.3 is 0 Å². The molecule has 0 saturated heterocycles. The van der Waals surface area contributed by atoms with Crippen molar-refractivity contribution in [3.63, 3.8) is 0 Å². The summed E-state index contributed by atoms with van der Waals surface area (Å²) in [5.74, 6) is -0.272. The van der Waals surface area contributed by atoms with Crippen LogP contribution in [0.3, 0.4) is 0 Å². The van der Waals surface area contributed by atoms with Gasteiger partial charge in [-0.15, -0.1) is 11.3 Å². The molecule has 2 nitrogen and oxygen atoms in total. The van der Waals surface area contributed by atoms with Crippen LogP contribution in [0.1, 0.15) is 16.5 Å². The average Bonchev–Trinajstić information content (AvgIpc) is 2.70. The molecular weight excluding hydrogens is 291 g/mol. The number of thiazole rings is 1. The number of aromatic nitrogens is 1. The molecule has 2 aromatic rings. The van der Waals surface area contributed by atoms with Crippen molar-refractivity contribution in [2.24, 2.45) is 5.73 Å². The summed E-state index contributed by atoms with van der Waals surface area (Å²) >= 11 is 4.75. The van der Waals surface area contributed by atoms with Gasteiger partial charge < -0.3 is 5.73 Å². The van der Waals surface area contributed by atoms with Gasteiger partial charge in [-0.25, -0.2) is 4.39 Å². The first kappa shape index (κ1) is 11.7. The smallest absolute Gasteiger partial charge is 0.129 e. The molecule has 0 aliphatic heterocycles. The lowest BCUT2D eigenvalue weighted by Crippen LogP contribution is -2.14. The summed E-state index contributed by atoms with van der Waals surface area (Å²) in [6, 6.07) is 4.62. The number of benzene rings is 1. The van der Waals surface area contributed by atoms with E-state index in [1.54, 1.807) is 23.8 Å². The van der Waals surface area contributed by atoms with Gasteiger partial charge in [0.15, 0.2) is 0 Å². The fourth-order valence-corrected chi connectivity index (χ4v) is 2.46. The van der Waals surface area contributed by atoms with Gasteiger partial charge in [0.05, 0.1) is 5.51 Å². The van der Waals surface area contributed by atoms with Crippen molar-refractivity contribution in [1.82, 2.24) is 4.98 Å². The highest BCUT2D eigenvalue weighted by molar-refractivity contribution is 9.10. The zero-order valence-electron chi connectivity index (χ0n) is 8.36. The van der Waals surface area contributed by atoms with E-state index in [2.05, 4.69) is 20.9 Å². The van der Waals surface area contributed by atoms with Gasteiger partial charge in [-0.3, -0.25) is 4.98 Å². The van der Waals surface area contributed by atoms with Gasteiger partial charge in [-0.05, 0) is 12.1 Å². The number of nitrogens with two attached hydrogens (primary N) is 1. The van der Waals surface area contributed by atoms with Crippen molar-refractivity contribution >= 4 is 27.3 Å². The molecule has 1 unspecified atom stereocenters. The highest BCUT2D eigenvalue weighted by Crippen LogP contribution is 2.23. The van der Waals surface area contributed by atoms with Crippen molar-refractivity contribution in [2.75, 3.05) is 0 Å². The molecule has 0 bridgehead atoms. The maximum Gasteiger partial charge on any atom is 0.129 e. The number of nitrogens with zero attached hydrogens (tertiary/aromatic N) is 1. The minimum absolute atomic E-state index is 0.272. The molecule has 2 rings (SSSR count). The second-order valence-corrected chi connectivity index (χ2v) is 5.33. The number of hydrogen-bond donors (Lipinski definition) is 1. The monoisotopic (exact) mass is 300 g/mol. The molecule has 0 amide bonds. The largest absolute Gasteiger partial charge is 0.324 e. The van der Waals surface area contributed by atoms with Crippen LogP contribution < -0.4 is 5.73 Å². The summed E-state index contributed by atoms with van der Waals surface area (Å²) < 4.78 is 14.3. The van der Waals surface area contributed by atoms with Gasteiger partial charge in [0.1, 0.15) is 5.82 Å². The molecule has 5 heteroatoms. The molecule has 0 saturated carbocycles. The summed E-state index contributed by atoms with van der Waals surface area (Å²) in [5, 5.41) is 0. The highest BCUT2D eigenvalue weighted by Gasteiger charge is 2.12. The lowest BCUT2D eigenvalue weighted by Gasteiger charge is -2.11. The Balaban J connectivity index is 2.17. The average molecular weight is 301 g/mol. The van der Waals surface area contributed by atoms with Gasteiger partial charge in [0, 0.05) is 33.6 Å². The van der Waals surface area contributed by atoms with Crippen LogP contribution in [0, 0.1) is 5.82 Å². The molecule has 0 fully saturated rings. The third-order valence-corrected chi connectivity index (χ3v) is 3.56. The van der Waals surface area contributed by atoms with E-state index in [4.69, 9.17) is 5.73 Å². The zero-order valence-corrected chi connectivity index (χ0v) is 10.8. The van der Waals surface area contributed by atoms with E-state index in [1.807, 2.05) is 0 Å².